The summed E-state index contributed by atoms with van der Waals surface area (Å²) >= 11 is 0. The number of hydrogen-bond donors (Lipinski definition) is 0. The van der Waals surface area contributed by atoms with Crippen molar-refractivity contribution in [1.82, 2.24) is 0 Å². The van der Waals surface area contributed by atoms with Crippen molar-refractivity contribution in [2.75, 3.05) is 26.7 Å². The highest BCUT2D eigenvalue weighted by atomic mass is 28.4. The molecule has 0 heterocycles. The summed E-state index contributed by atoms with van der Waals surface area (Å²) in [7, 11) is -0.711. The second-order valence-electron chi connectivity index (χ2n) is 12.7. The zero-order chi connectivity index (χ0) is 23.4. The van der Waals surface area contributed by atoms with Gasteiger partial charge >= 0.3 is 0 Å². The smallest absolute Gasteiger partial charge is 0.187 e. The fourth-order valence-electron chi connectivity index (χ4n) is 4.83. The lowest BCUT2D eigenvalue weighted by molar-refractivity contribution is -0.906. The van der Waals surface area contributed by atoms with Crippen LogP contribution in [0.25, 0.3) is 0 Å². The molecule has 0 spiro atoms. The molecule has 29 heavy (non-hydrogen) atoms. The lowest BCUT2D eigenvalue weighted by Crippen LogP contribution is -2.59. The fourth-order valence-corrected chi connectivity index (χ4v) is 11.4. The molecule has 0 saturated carbocycles. The van der Waals surface area contributed by atoms with Crippen molar-refractivity contribution >= 4 is 16.4 Å². The summed E-state index contributed by atoms with van der Waals surface area (Å²) in [6, 6.07) is 2.68. The van der Waals surface area contributed by atoms with Gasteiger partial charge in [-0.25, -0.2) is 0 Å². The summed E-state index contributed by atoms with van der Waals surface area (Å²) in [6.07, 6.45) is 3.92. The normalized spacial score (nSPS) is 15.1. The highest BCUT2D eigenvalue weighted by Crippen LogP contribution is 2.60. The average Bonchev–Trinajstić information content (AvgIpc) is 2.58. The van der Waals surface area contributed by atoms with Crippen molar-refractivity contribution in [3.63, 3.8) is 0 Å². The molecule has 0 rings (SSSR count). The van der Waals surface area contributed by atoms with Gasteiger partial charge in [-0.1, -0.05) is 66.6 Å². The first-order valence-corrected chi connectivity index (χ1v) is 18.7. The quantitative estimate of drug-likeness (QED) is 0.194. The molecule has 0 aromatic rings. The Morgan fingerprint density at radius 3 is 1.66 bits per heavy atom. The van der Waals surface area contributed by atoms with E-state index in [0.717, 1.165) is 0 Å². The fraction of sp³-hybridized carbons (Fsp3) is 1.00. The molecule has 0 aliphatic rings. The number of hydrogen-bond acceptors (Lipinski definition) is 1. The topological polar surface area (TPSA) is 9.23 Å². The Bertz CT molecular complexity index is 491. The van der Waals surface area contributed by atoms with Gasteiger partial charge in [0.15, 0.2) is 8.32 Å². The van der Waals surface area contributed by atoms with E-state index in [0.29, 0.717) is 5.04 Å². The van der Waals surface area contributed by atoms with Gasteiger partial charge in [0.2, 0.25) is 0 Å². The van der Waals surface area contributed by atoms with E-state index >= 15 is 0 Å². The van der Waals surface area contributed by atoms with Crippen LogP contribution in [0.4, 0.5) is 0 Å². The third kappa shape index (κ3) is 7.18. The first kappa shape index (κ1) is 29.4. The molecule has 0 radical (unpaired) electrons. The van der Waals surface area contributed by atoms with Crippen molar-refractivity contribution in [1.29, 1.82) is 0 Å². The maximum Gasteiger partial charge on any atom is 0.187 e. The van der Waals surface area contributed by atoms with Crippen LogP contribution in [0.1, 0.15) is 81.6 Å². The summed E-state index contributed by atoms with van der Waals surface area (Å²) < 4.78 is 8.23. The second-order valence-corrected chi connectivity index (χ2v) is 22.4. The zero-order valence-electron chi connectivity index (χ0n) is 23.0. The summed E-state index contributed by atoms with van der Waals surface area (Å²) in [5.41, 5.74) is 0.0154. The van der Waals surface area contributed by atoms with Crippen LogP contribution in [0.3, 0.4) is 0 Å². The molecule has 0 atom stereocenters. The largest absolute Gasteiger partial charge is 0.412 e. The van der Waals surface area contributed by atoms with Crippen LogP contribution in [-0.2, 0) is 4.43 Å². The van der Waals surface area contributed by atoms with Crippen molar-refractivity contribution in [3.05, 3.63) is 0 Å². The summed E-state index contributed by atoms with van der Waals surface area (Å²) in [5, 5.41) is 0.292. The Balaban J connectivity index is 5.47. The van der Waals surface area contributed by atoms with Crippen molar-refractivity contribution in [2.24, 2.45) is 5.41 Å². The van der Waals surface area contributed by atoms with E-state index in [1.165, 1.54) is 55.5 Å². The van der Waals surface area contributed by atoms with Gasteiger partial charge in [0, 0.05) is 0 Å². The summed E-state index contributed by atoms with van der Waals surface area (Å²) in [4.78, 5) is 0. The molecular weight excluding hydrogens is 386 g/mol. The molecule has 0 aromatic carbocycles. The van der Waals surface area contributed by atoms with E-state index in [4.69, 9.17) is 4.43 Å². The van der Waals surface area contributed by atoms with Gasteiger partial charge in [-0.3, -0.25) is 0 Å². The van der Waals surface area contributed by atoms with Gasteiger partial charge < -0.3 is 8.91 Å². The first-order chi connectivity index (χ1) is 12.8. The predicted octanol–water partition coefficient (Wildman–Crippen LogP) is 8.18. The number of rotatable bonds is 14. The van der Waals surface area contributed by atoms with Crippen LogP contribution in [0.2, 0.25) is 43.3 Å². The van der Waals surface area contributed by atoms with E-state index in [2.05, 4.69) is 95.5 Å². The highest BCUT2D eigenvalue weighted by molar-refractivity contribution is 6.80. The standard InChI is InChI=1S/C25H58NOSi2/c1-15-18-22-29(13,14)27-24(6,7)23(4,5)25(8,9)28(11,12)21-19-20-26(10,16-2)17-3/h15-22H2,1-14H3/q+1. The molecule has 2 nitrogen and oxygen atoms in total. The molecule has 176 valence electrons. The minimum Gasteiger partial charge on any atom is -0.412 e. The molecule has 0 aliphatic carbocycles. The van der Waals surface area contributed by atoms with Crippen molar-refractivity contribution in [2.45, 2.75) is 130 Å². The van der Waals surface area contributed by atoms with Crippen LogP contribution in [0, 0.1) is 5.41 Å². The maximum atomic E-state index is 7.03. The van der Waals surface area contributed by atoms with Crippen LogP contribution in [0.5, 0.6) is 0 Å². The van der Waals surface area contributed by atoms with Crippen molar-refractivity contribution < 1.29 is 8.91 Å². The third-order valence-electron chi connectivity index (χ3n) is 9.45. The van der Waals surface area contributed by atoms with E-state index in [1.54, 1.807) is 0 Å². The van der Waals surface area contributed by atoms with Gasteiger partial charge in [-0.05, 0) is 63.7 Å². The van der Waals surface area contributed by atoms with Gasteiger partial charge in [-0.2, -0.15) is 0 Å². The van der Waals surface area contributed by atoms with Crippen LogP contribution in [-0.4, -0.2) is 53.2 Å². The number of quaternary nitrogens is 1. The summed E-state index contributed by atoms with van der Waals surface area (Å²) in [6.45, 7) is 35.7. The van der Waals surface area contributed by atoms with Crippen LogP contribution in [0.15, 0.2) is 0 Å². The lowest BCUT2D eigenvalue weighted by Gasteiger charge is -2.59. The van der Waals surface area contributed by atoms with E-state index in [-0.39, 0.29) is 11.0 Å². The van der Waals surface area contributed by atoms with E-state index in [1.807, 2.05) is 0 Å². The summed E-state index contributed by atoms with van der Waals surface area (Å²) in [5.74, 6) is 0. The third-order valence-corrected chi connectivity index (χ3v) is 17.7. The molecule has 0 amide bonds. The molecule has 0 aliphatic heterocycles. The molecule has 0 fully saturated rings. The van der Waals surface area contributed by atoms with Gasteiger partial charge in [0.05, 0.1) is 40.4 Å². The molecule has 0 aromatic heterocycles. The second kappa shape index (κ2) is 10.3. The maximum absolute atomic E-state index is 7.03. The number of unbranched alkanes of at least 4 members (excludes halogenated alkanes) is 1. The monoisotopic (exact) mass is 444 g/mol. The van der Waals surface area contributed by atoms with Gasteiger partial charge in [-0.15, -0.1) is 0 Å². The Labute approximate surface area is 187 Å². The Morgan fingerprint density at radius 1 is 0.759 bits per heavy atom. The van der Waals surface area contributed by atoms with Crippen LogP contribution < -0.4 is 0 Å². The highest BCUT2D eigenvalue weighted by Gasteiger charge is 2.56. The van der Waals surface area contributed by atoms with Gasteiger partial charge in [0.25, 0.3) is 0 Å². The Hall–Kier alpha value is 0.354. The SMILES string of the molecule is CCCC[Si](C)(C)OC(C)(C)C(C)(C)C(C)(C)[Si](C)(C)CCC[N+](C)(CC)CC. The van der Waals surface area contributed by atoms with Gasteiger partial charge in [0.1, 0.15) is 0 Å². The lowest BCUT2D eigenvalue weighted by atomic mass is 9.68. The van der Waals surface area contributed by atoms with Crippen LogP contribution >= 0.6 is 0 Å². The minimum absolute atomic E-state index is 0.109. The molecule has 0 unspecified atom stereocenters. The molecule has 0 N–H and O–H groups in total. The average molecular weight is 445 g/mol. The van der Waals surface area contributed by atoms with Crippen molar-refractivity contribution in [3.8, 4) is 0 Å². The Kier molecular flexibility index (Phi) is 10.4. The predicted molar refractivity (Wildman–Crippen MR) is 139 cm³/mol. The molecule has 0 saturated heterocycles. The van der Waals surface area contributed by atoms with E-state index < -0.39 is 16.4 Å². The molecule has 4 heteroatoms. The molecular formula is C25H58NOSi2+. The minimum atomic E-state index is -1.65. The zero-order valence-corrected chi connectivity index (χ0v) is 25.0. The Morgan fingerprint density at radius 2 is 1.24 bits per heavy atom. The number of nitrogens with zero attached hydrogens (tertiary/aromatic N) is 1. The molecule has 0 bridgehead atoms. The first-order valence-electron chi connectivity index (χ1n) is 12.4. The van der Waals surface area contributed by atoms with E-state index in [9.17, 15) is 0 Å².